The Morgan fingerprint density at radius 3 is 2.52 bits per heavy atom. The molecule has 3 rings (SSSR count). The molecule has 0 aromatic carbocycles. The van der Waals surface area contributed by atoms with Crippen LogP contribution in [0, 0.1) is 16.7 Å². The number of piperidine rings is 1. The van der Waals surface area contributed by atoms with Gasteiger partial charge in [-0.3, -0.25) is 4.68 Å². The number of rotatable bonds is 7. The van der Waals surface area contributed by atoms with E-state index in [0.717, 1.165) is 24.7 Å². The minimum atomic E-state index is 0.223. The maximum atomic E-state index is 9.50. The molecule has 142 valence electrons. The van der Waals surface area contributed by atoms with Crippen molar-refractivity contribution in [2.24, 2.45) is 16.7 Å². The van der Waals surface area contributed by atoms with Crippen LogP contribution in [0.5, 0.6) is 0 Å². The van der Waals surface area contributed by atoms with E-state index in [2.05, 4.69) is 49.1 Å². The first kappa shape index (κ1) is 18.8. The zero-order chi connectivity index (χ0) is 18.1. The molecular formula is C20H36N4O. The third kappa shape index (κ3) is 4.82. The standard InChI is InChI=1S/C20H36N4O/c1-16(19(2,3)4)18-13-24(22-21-18)12-7-17-5-10-23(11-6-17)14-20(15-25)8-9-20/h13,16-17,25H,5-12,14-15H2,1-4H3. The van der Waals surface area contributed by atoms with Gasteiger partial charge < -0.3 is 10.0 Å². The summed E-state index contributed by atoms with van der Waals surface area (Å²) in [6, 6.07) is 0. The highest BCUT2D eigenvalue weighted by molar-refractivity contribution is 5.04. The molecule has 1 atom stereocenters. The Hall–Kier alpha value is -0.940. The van der Waals surface area contributed by atoms with Gasteiger partial charge >= 0.3 is 0 Å². The highest BCUT2D eigenvalue weighted by Crippen LogP contribution is 2.46. The summed E-state index contributed by atoms with van der Waals surface area (Å²) in [7, 11) is 0. The smallest absolute Gasteiger partial charge is 0.0860 e. The zero-order valence-corrected chi connectivity index (χ0v) is 16.5. The minimum absolute atomic E-state index is 0.223. The summed E-state index contributed by atoms with van der Waals surface area (Å²) in [5, 5.41) is 18.2. The lowest BCUT2D eigenvalue weighted by Crippen LogP contribution is -2.38. The van der Waals surface area contributed by atoms with E-state index in [1.54, 1.807) is 0 Å². The molecule has 0 amide bonds. The predicted octanol–water partition coefficient (Wildman–Crippen LogP) is 3.30. The van der Waals surface area contributed by atoms with Crippen LogP contribution in [-0.2, 0) is 6.54 Å². The Balaban J connectivity index is 1.41. The van der Waals surface area contributed by atoms with Crippen molar-refractivity contribution in [3.8, 4) is 0 Å². The Kier molecular flexibility index (Phi) is 5.54. The maximum Gasteiger partial charge on any atom is 0.0860 e. The SMILES string of the molecule is CC(c1cn(CCC2CCN(CC3(CO)CC3)CC2)nn1)C(C)(C)C. The summed E-state index contributed by atoms with van der Waals surface area (Å²) in [5.74, 6) is 1.22. The van der Waals surface area contributed by atoms with Gasteiger partial charge in [-0.05, 0) is 56.5 Å². The van der Waals surface area contributed by atoms with E-state index >= 15 is 0 Å². The van der Waals surface area contributed by atoms with Gasteiger partial charge in [0.2, 0.25) is 0 Å². The molecule has 0 bridgehead atoms. The first-order valence-corrected chi connectivity index (χ1v) is 10.0. The van der Waals surface area contributed by atoms with Gasteiger partial charge in [0.25, 0.3) is 0 Å². The second kappa shape index (κ2) is 7.36. The highest BCUT2D eigenvalue weighted by atomic mass is 16.3. The number of aliphatic hydroxyl groups is 1. The van der Waals surface area contributed by atoms with Crippen LogP contribution in [0.3, 0.4) is 0 Å². The van der Waals surface area contributed by atoms with E-state index in [-0.39, 0.29) is 10.8 Å². The topological polar surface area (TPSA) is 54.2 Å². The quantitative estimate of drug-likeness (QED) is 0.821. The van der Waals surface area contributed by atoms with Crippen LogP contribution >= 0.6 is 0 Å². The number of aliphatic hydroxyl groups excluding tert-OH is 1. The number of aromatic nitrogens is 3. The molecule has 2 fully saturated rings. The van der Waals surface area contributed by atoms with Crippen LogP contribution in [0.4, 0.5) is 0 Å². The fourth-order valence-electron chi connectivity index (χ4n) is 3.83. The second-order valence-corrected chi connectivity index (χ2v) is 9.66. The molecule has 2 aliphatic rings. The van der Waals surface area contributed by atoms with Crippen molar-refractivity contribution >= 4 is 0 Å². The normalized spacial score (nSPS) is 22.9. The molecule has 1 aliphatic heterocycles. The Morgan fingerprint density at radius 1 is 1.28 bits per heavy atom. The minimum Gasteiger partial charge on any atom is -0.396 e. The molecule has 5 heteroatoms. The molecule has 25 heavy (non-hydrogen) atoms. The molecule has 5 nitrogen and oxygen atoms in total. The summed E-state index contributed by atoms with van der Waals surface area (Å²) in [6.45, 7) is 13.8. The van der Waals surface area contributed by atoms with Crippen molar-refractivity contribution in [3.05, 3.63) is 11.9 Å². The maximum absolute atomic E-state index is 9.50. The largest absolute Gasteiger partial charge is 0.396 e. The lowest BCUT2D eigenvalue weighted by molar-refractivity contribution is 0.113. The van der Waals surface area contributed by atoms with E-state index in [9.17, 15) is 5.11 Å². The third-order valence-electron chi connectivity index (χ3n) is 6.62. The first-order valence-electron chi connectivity index (χ1n) is 10.0. The van der Waals surface area contributed by atoms with Crippen molar-refractivity contribution in [2.45, 2.75) is 72.3 Å². The molecule has 1 aromatic heterocycles. The summed E-state index contributed by atoms with van der Waals surface area (Å²) in [6.07, 6.45) is 8.33. The number of hydrogen-bond donors (Lipinski definition) is 1. The van der Waals surface area contributed by atoms with Crippen molar-refractivity contribution in [2.75, 3.05) is 26.2 Å². The Morgan fingerprint density at radius 2 is 1.96 bits per heavy atom. The first-order chi connectivity index (χ1) is 11.8. The molecule has 2 heterocycles. The zero-order valence-electron chi connectivity index (χ0n) is 16.5. The third-order valence-corrected chi connectivity index (χ3v) is 6.62. The molecule has 0 spiro atoms. The molecule has 1 saturated carbocycles. The van der Waals surface area contributed by atoms with Crippen LogP contribution in [0.2, 0.25) is 0 Å². The van der Waals surface area contributed by atoms with Gasteiger partial charge in [-0.25, -0.2) is 0 Å². The number of aryl methyl sites for hydroxylation is 1. The van der Waals surface area contributed by atoms with Gasteiger partial charge in [-0.15, -0.1) is 5.10 Å². The lowest BCUT2D eigenvalue weighted by atomic mass is 9.80. The fourth-order valence-corrected chi connectivity index (χ4v) is 3.83. The molecule has 1 aromatic rings. The molecular weight excluding hydrogens is 312 g/mol. The molecule has 1 saturated heterocycles. The van der Waals surface area contributed by atoms with Crippen LogP contribution in [0.15, 0.2) is 6.20 Å². The Bertz CT molecular complexity index is 550. The van der Waals surface area contributed by atoms with Crippen LogP contribution in [0.25, 0.3) is 0 Å². The average molecular weight is 349 g/mol. The van der Waals surface area contributed by atoms with Gasteiger partial charge in [0.1, 0.15) is 0 Å². The van der Waals surface area contributed by atoms with Gasteiger partial charge in [0.15, 0.2) is 0 Å². The van der Waals surface area contributed by atoms with Gasteiger partial charge in [0, 0.05) is 37.2 Å². The number of nitrogens with zero attached hydrogens (tertiary/aromatic N) is 4. The van der Waals surface area contributed by atoms with E-state index < -0.39 is 0 Å². The summed E-state index contributed by atoms with van der Waals surface area (Å²) in [4.78, 5) is 2.57. The molecule has 1 unspecified atom stereocenters. The lowest BCUT2D eigenvalue weighted by Gasteiger charge is -2.34. The number of hydrogen-bond acceptors (Lipinski definition) is 4. The predicted molar refractivity (Wildman–Crippen MR) is 100 cm³/mol. The van der Waals surface area contributed by atoms with Crippen LogP contribution < -0.4 is 0 Å². The molecule has 1 aliphatic carbocycles. The van der Waals surface area contributed by atoms with Gasteiger partial charge in [-0.1, -0.05) is 32.9 Å². The van der Waals surface area contributed by atoms with E-state index in [4.69, 9.17) is 0 Å². The van der Waals surface area contributed by atoms with Crippen molar-refractivity contribution < 1.29 is 5.11 Å². The molecule has 0 radical (unpaired) electrons. The van der Waals surface area contributed by atoms with Crippen molar-refractivity contribution in [1.82, 2.24) is 19.9 Å². The highest BCUT2D eigenvalue weighted by Gasteiger charge is 2.43. The average Bonchev–Trinajstić information content (AvgIpc) is 3.19. The second-order valence-electron chi connectivity index (χ2n) is 9.66. The van der Waals surface area contributed by atoms with Gasteiger partial charge in [0.05, 0.1) is 5.69 Å². The van der Waals surface area contributed by atoms with E-state index in [1.165, 1.54) is 45.2 Å². The molecule has 1 N–H and O–H groups in total. The van der Waals surface area contributed by atoms with E-state index in [1.807, 2.05) is 4.68 Å². The number of likely N-dealkylation sites (tertiary alicyclic amines) is 1. The van der Waals surface area contributed by atoms with Crippen molar-refractivity contribution in [3.63, 3.8) is 0 Å². The van der Waals surface area contributed by atoms with Crippen LogP contribution in [-0.4, -0.2) is 51.2 Å². The monoisotopic (exact) mass is 348 g/mol. The van der Waals surface area contributed by atoms with Gasteiger partial charge in [-0.2, -0.15) is 0 Å². The summed E-state index contributed by atoms with van der Waals surface area (Å²) < 4.78 is 2.04. The summed E-state index contributed by atoms with van der Waals surface area (Å²) >= 11 is 0. The Labute approximate surface area is 152 Å². The van der Waals surface area contributed by atoms with Crippen molar-refractivity contribution in [1.29, 1.82) is 0 Å². The summed E-state index contributed by atoms with van der Waals surface area (Å²) in [5.41, 5.74) is 1.59. The van der Waals surface area contributed by atoms with E-state index in [0.29, 0.717) is 12.5 Å². The van der Waals surface area contributed by atoms with Crippen LogP contribution in [0.1, 0.15) is 71.4 Å². The fraction of sp³-hybridized carbons (Fsp3) is 0.900.